The predicted molar refractivity (Wildman–Crippen MR) is 117 cm³/mol. The van der Waals surface area contributed by atoms with Crippen molar-refractivity contribution >= 4 is 18.0 Å². The van der Waals surface area contributed by atoms with Crippen molar-refractivity contribution in [2.45, 2.75) is 61.4 Å². The maximum absolute atomic E-state index is 12.5. The van der Waals surface area contributed by atoms with Gasteiger partial charge in [-0.3, -0.25) is 0 Å². The summed E-state index contributed by atoms with van der Waals surface area (Å²) in [5, 5.41) is 79.1. The minimum absolute atomic E-state index is 0.129. The normalized spacial score (nSPS) is 36.3. The molecule has 0 bridgehead atoms. The van der Waals surface area contributed by atoms with E-state index in [2.05, 4.69) is 0 Å². The molecule has 8 N–H and O–H groups in total. The standard InChI is InChI=1S/C22H28O15/c1-33-10-6-8(2-4-9(10)24)3-5-12(25)35-22-19(15(28)13(26)11(7-23)34-22)37-21-17(30)14(27)16(29)18(36-21)20(31)32/h2-6,11,13-19,21-24,26-30H,7H2,1H3,(H,31,32)/t11-,13-,14+,15+,16+,17-,18+,19-,21+,22+/m1/s1. The van der Waals surface area contributed by atoms with Crippen LogP contribution < -0.4 is 4.74 Å². The van der Waals surface area contributed by atoms with Crippen LogP contribution in [0.2, 0.25) is 0 Å². The number of esters is 1. The Morgan fingerprint density at radius 1 is 0.973 bits per heavy atom. The second kappa shape index (κ2) is 12.1. The number of aromatic hydroxyl groups is 1. The Kier molecular flexibility index (Phi) is 9.41. The highest BCUT2D eigenvalue weighted by Crippen LogP contribution is 2.30. The third-order valence-corrected chi connectivity index (χ3v) is 5.78. The van der Waals surface area contributed by atoms with Crippen LogP contribution in [0.1, 0.15) is 5.56 Å². The summed E-state index contributed by atoms with van der Waals surface area (Å²) < 4.78 is 25.8. The summed E-state index contributed by atoms with van der Waals surface area (Å²) in [5.74, 6) is -2.72. The van der Waals surface area contributed by atoms with E-state index in [0.29, 0.717) is 5.56 Å². The van der Waals surface area contributed by atoms with Crippen LogP contribution in [0.15, 0.2) is 24.3 Å². The Labute approximate surface area is 209 Å². The molecule has 0 unspecified atom stereocenters. The Morgan fingerprint density at radius 2 is 1.68 bits per heavy atom. The zero-order chi connectivity index (χ0) is 27.4. The first-order valence-electron chi connectivity index (χ1n) is 10.9. The van der Waals surface area contributed by atoms with Gasteiger partial charge in [0.05, 0.1) is 13.7 Å². The Hall–Kier alpha value is -2.86. The summed E-state index contributed by atoms with van der Waals surface area (Å²) in [6, 6.07) is 4.21. The molecule has 2 aliphatic heterocycles. The number of aliphatic hydroxyl groups is 6. The van der Waals surface area contributed by atoms with E-state index in [1.165, 1.54) is 31.4 Å². The zero-order valence-corrected chi connectivity index (χ0v) is 19.3. The number of carboxylic acid groups (broad SMARTS) is 1. The summed E-state index contributed by atoms with van der Waals surface area (Å²) in [5.41, 5.74) is 0.429. The molecule has 0 amide bonds. The second-order valence-corrected chi connectivity index (χ2v) is 8.24. The summed E-state index contributed by atoms with van der Waals surface area (Å²) in [4.78, 5) is 23.8. The number of aliphatic carboxylic acids is 1. The zero-order valence-electron chi connectivity index (χ0n) is 19.3. The van der Waals surface area contributed by atoms with Crippen LogP contribution in [0, 0.1) is 0 Å². The van der Waals surface area contributed by atoms with Crippen LogP contribution in [0.3, 0.4) is 0 Å². The molecular formula is C22H28O15. The number of benzene rings is 1. The fraction of sp³-hybridized carbons (Fsp3) is 0.545. The quantitative estimate of drug-likeness (QED) is 0.121. The van der Waals surface area contributed by atoms with Gasteiger partial charge in [-0.1, -0.05) is 6.07 Å². The molecule has 3 rings (SSSR count). The number of rotatable bonds is 8. The topological polar surface area (TPSA) is 242 Å². The number of hydrogen-bond acceptors (Lipinski definition) is 14. The molecule has 0 spiro atoms. The Balaban J connectivity index is 1.78. The number of carbonyl (C=O) groups excluding carboxylic acids is 1. The van der Waals surface area contributed by atoms with Gasteiger partial charge in [-0.15, -0.1) is 0 Å². The van der Waals surface area contributed by atoms with E-state index in [1.807, 2.05) is 0 Å². The molecule has 15 heteroatoms. The van der Waals surface area contributed by atoms with Gasteiger partial charge in [0.2, 0.25) is 6.29 Å². The smallest absolute Gasteiger partial charge is 0.335 e. The van der Waals surface area contributed by atoms with Crippen molar-refractivity contribution in [1.82, 2.24) is 0 Å². The molecule has 10 atom stereocenters. The number of ether oxygens (including phenoxy) is 5. The molecule has 15 nitrogen and oxygen atoms in total. The highest BCUT2D eigenvalue weighted by Gasteiger charge is 2.52. The number of carbonyl (C=O) groups is 2. The van der Waals surface area contributed by atoms with Gasteiger partial charge in [-0.25, -0.2) is 9.59 Å². The summed E-state index contributed by atoms with van der Waals surface area (Å²) in [6.07, 6.45) is -16.5. The molecule has 0 saturated carbocycles. The van der Waals surface area contributed by atoms with Gasteiger partial charge in [-0.05, 0) is 23.8 Å². The number of methoxy groups -OCH3 is 1. The van der Waals surface area contributed by atoms with Crippen molar-refractivity contribution in [1.29, 1.82) is 0 Å². The Bertz CT molecular complexity index is 983. The van der Waals surface area contributed by atoms with Crippen LogP contribution in [0.25, 0.3) is 6.08 Å². The molecule has 1 aromatic rings. The monoisotopic (exact) mass is 532 g/mol. The summed E-state index contributed by atoms with van der Waals surface area (Å²) in [7, 11) is 1.33. The molecule has 2 heterocycles. The number of phenols is 1. The molecule has 2 fully saturated rings. The first-order chi connectivity index (χ1) is 17.5. The lowest BCUT2D eigenvalue weighted by Gasteiger charge is -2.45. The second-order valence-electron chi connectivity index (χ2n) is 8.24. The average Bonchev–Trinajstić information content (AvgIpc) is 2.87. The lowest BCUT2D eigenvalue weighted by molar-refractivity contribution is -0.358. The van der Waals surface area contributed by atoms with Crippen molar-refractivity contribution in [2.24, 2.45) is 0 Å². The van der Waals surface area contributed by atoms with Gasteiger partial charge >= 0.3 is 11.9 Å². The third-order valence-electron chi connectivity index (χ3n) is 5.78. The van der Waals surface area contributed by atoms with Crippen LogP contribution in [-0.2, 0) is 28.5 Å². The fourth-order valence-electron chi connectivity index (χ4n) is 3.73. The van der Waals surface area contributed by atoms with Crippen molar-refractivity contribution in [2.75, 3.05) is 13.7 Å². The minimum atomic E-state index is -2.03. The molecule has 2 saturated heterocycles. The van der Waals surface area contributed by atoms with Crippen LogP contribution in [0.5, 0.6) is 11.5 Å². The van der Waals surface area contributed by atoms with E-state index in [1.54, 1.807) is 0 Å². The minimum Gasteiger partial charge on any atom is -0.504 e. The maximum Gasteiger partial charge on any atom is 0.335 e. The van der Waals surface area contributed by atoms with Gasteiger partial charge in [0, 0.05) is 6.08 Å². The lowest BCUT2D eigenvalue weighted by atomic mass is 9.97. The predicted octanol–water partition coefficient (Wildman–Crippen LogP) is -3.33. The number of hydrogen-bond donors (Lipinski definition) is 8. The average molecular weight is 532 g/mol. The maximum atomic E-state index is 12.5. The molecule has 206 valence electrons. The van der Waals surface area contributed by atoms with E-state index >= 15 is 0 Å². The van der Waals surface area contributed by atoms with E-state index in [-0.39, 0.29) is 11.5 Å². The van der Waals surface area contributed by atoms with Gasteiger partial charge in [0.25, 0.3) is 0 Å². The number of phenolic OH excluding ortho intramolecular Hbond substituents is 1. The van der Waals surface area contributed by atoms with Crippen LogP contribution in [-0.4, -0.2) is 128 Å². The first-order valence-corrected chi connectivity index (χ1v) is 10.9. The largest absolute Gasteiger partial charge is 0.504 e. The molecule has 0 aliphatic carbocycles. The van der Waals surface area contributed by atoms with Gasteiger partial charge in [0.15, 0.2) is 30.0 Å². The Morgan fingerprint density at radius 3 is 2.30 bits per heavy atom. The van der Waals surface area contributed by atoms with Crippen molar-refractivity contribution < 1.29 is 74.1 Å². The van der Waals surface area contributed by atoms with Gasteiger partial charge in [0.1, 0.15) is 36.6 Å². The molecular weight excluding hydrogens is 504 g/mol. The van der Waals surface area contributed by atoms with Crippen LogP contribution >= 0.6 is 0 Å². The number of aliphatic hydroxyl groups excluding tert-OH is 6. The third kappa shape index (κ3) is 6.35. The lowest BCUT2D eigenvalue weighted by Crippen LogP contribution is -2.65. The van der Waals surface area contributed by atoms with Crippen molar-refractivity contribution in [3.8, 4) is 11.5 Å². The molecule has 37 heavy (non-hydrogen) atoms. The summed E-state index contributed by atoms with van der Waals surface area (Å²) in [6.45, 7) is -0.795. The van der Waals surface area contributed by atoms with Crippen LogP contribution in [0.4, 0.5) is 0 Å². The highest BCUT2D eigenvalue weighted by atomic mass is 16.8. The SMILES string of the molecule is COc1cc(C=CC(=O)O[C@@H]2O[C@H](CO)[C@@H](O)[C@H](O)[C@H]2O[C@@H]2O[C@H](C(=O)O)[C@@H](O)[C@H](O)[C@H]2O)ccc1O. The molecule has 2 aliphatic rings. The van der Waals surface area contributed by atoms with Crippen molar-refractivity contribution in [3.63, 3.8) is 0 Å². The number of carboxylic acids is 1. The summed E-state index contributed by atoms with van der Waals surface area (Å²) >= 11 is 0. The van der Waals surface area contributed by atoms with E-state index in [0.717, 1.165) is 6.08 Å². The first kappa shape index (κ1) is 28.7. The molecule has 1 aromatic carbocycles. The fourth-order valence-corrected chi connectivity index (χ4v) is 3.73. The van der Waals surface area contributed by atoms with E-state index in [4.69, 9.17) is 23.7 Å². The van der Waals surface area contributed by atoms with Crippen molar-refractivity contribution in [3.05, 3.63) is 29.8 Å². The highest BCUT2D eigenvalue weighted by molar-refractivity contribution is 5.87. The van der Waals surface area contributed by atoms with E-state index < -0.39 is 80.0 Å². The molecule has 0 radical (unpaired) electrons. The van der Waals surface area contributed by atoms with Gasteiger partial charge in [-0.2, -0.15) is 0 Å². The van der Waals surface area contributed by atoms with E-state index in [9.17, 15) is 50.4 Å². The van der Waals surface area contributed by atoms with Gasteiger partial charge < -0.3 is 64.5 Å². The molecule has 0 aromatic heterocycles.